The fraction of sp³-hybridized carbons (Fsp3) is 0.240. The topological polar surface area (TPSA) is 140 Å². The molecule has 34 heavy (non-hydrogen) atoms. The van der Waals surface area contributed by atoms with E-state index in [1.54, 1.807) is 43.3 Å². The van der Waals surface area contributed by atoms with Crippen LogP contribution in [0, 0.1) is 6.92 Å². The van der Waals surface area contributed by atoms with Gasteiger partial charge in [-0.15, -0.1) is 12.4 Å². The summed E-state index contributed by atoms with van der Waals surface area (Å²) in [5.41, 5.74) is 15.2. The second-order valence-electron chi connectivity index (χ2n) is 7.78. The first kappa shape index (κ1) is 26.6. The number of carboxylic acids is 1. The summed E-state index contributed by atoms with van der Waals surface area (Å²) < 4.78 is 5.36. The predicted octanol–water partition coefficient (Wildman–Crippen LogP) is 3.47. The van der Waals surface area contributed by atoms with Crippen molar-refractivity contribution in [2.75, 3.05) is 11.4 Å². The molecule has 4 rings (SSSR count). The largest absolute Gasteiger partial charge is 0.480 e. The molecule has 8 nitrogen and oxygen atoms in total. The van der Waals surface area contributed by atoms with Crippen molar-refractivity contribution in [2.45, 2.75) is 32.7 Å². The van der Waals surface area contributed by atoms with E-state index in [1.165, 1.54) is 17.5 Å². The highest BCUT2D eigenvalue weighted by molar-refractivity contribution is 6.07. The molecule has 1 heterocycles. The Morgan fingerprint density at radius 1 is 1.00 bits per heavy atom. The van der Waals surface area contributed by atoms with E-state index in [9.17, 15) is 14.4 Å². The van der Waals surface area contributed by atoms with Gasteiger partial charge in [-0.1, -0.05) is 18.2 Å². The fourth-order valence-electron chi connectivity index (χ4n) is 3.66. The standard InChI is InChI=1S/C15H16N2O4.C10H11NO.ClH/c1-10-5-6-13(21-10)17(9-14(18)19)15(20)12-4-2-3-11(7-12)8-16;11-10(12)9-5-4-7-2-1-3-8(7)6-9;/h2-7H,8-9,16H2,1H3,(H,18,19);4-6H,1-3H2,(H2,11,12);1H. The van der Waals surface area contributed by atoms with Crippen LogP contribution in [0.3, 0.4) is 0 Å². The van der Waals surface area contributed by atoms with E-state index in [0.717, 1.165) is 23.3 Å². The third kappa shape index (κ3) is 6.69. The summed E-state index contributed by atoms with van der Waals surface area (Å²) in [6, 6.07) is 15.8. The van der Waals surface area contributed by atoms with Crippen LogP contribution in [0.1, 0.15) is 49.6 Å². The van der Waals surface area contributed by atoms with Crippen LogP contribution >= 0.6 is 12.4 Å². The molecule has 1 aromatic heterocycles. The molecule has 0 saturated heterocycles. The number of aliphatic carboxylic acids is 1. The molecule has 5 N–H and O–H groups in total. The molecule has 0 atom stereocenters. The number of nitrogens with two attached hydrogens (primary N) is 2. The van der Waals surface area contributed by atoms with Gasteiger partial charge in [-0.2, -0.15) is 0 Å². The monoisotopic (exact) mass is 485 g/mol. The number of furan rings is 1. The van der Waals surface area contributed by atoms with E-state index in [1.807, 2.05) is 18.2 Å². The van der Waals surface area contributed by atoms with Crippen LogP contribution in [0.5, 0.6) is 0 Å². The average Bonchev–Trinajstić information content (AvgIpc) is 3.45. The van der Waals surface area contributed by atoms with Crippen molar-refractivity contribution in [3.63, 3.8) is 0 Å². The van der Waals surface area contributed by atoms with Gasteiger partial charge < -0.3 is 21.0 Å². The van der Waals surface area contributed by atoms with Gasteiger partial charge in [0.15, 0.2) is 0 Å². The number of anilines is 1. The Hall–Kier alpha value is -3.62. The molecule has 0 saturated carbocycles. The highest BCUT2D eigenvalue weighted by atomic mass is 35.5. The highest BCUT2D eigenvalue weighted by Gasteiger charge is 2.23. The van der Waals surface area contributed by atoms with E-state index >= 15 is 0 Å². The minimum absolute atomic E-state index is 0. The zero-order chi connectivity index (χ0) is 24.0. The number of benzene rings is 2. The number of halogens is 1. The summed E-state index contributed by atoms with van der Waals surface area (Å²) in [5.74, 6) is -1.08. The van der Waals surface area contributed by atoms with Crippen LogP contribution in [0.25, 0.3) is 0 Å². The molecular formula is C25H28ClN3O5. The number of fused-ring (bicyclic) bond motifs is 1. The molecule has 1 aliphatic rings. The number of hydrogen-bond acceptors (Lipinski definition) is 5. The number of carbonyl (C=O) groups excluding carboxylic acids is 2. The van der Waals surface area contributed by atoms with Gasteiger partial charge in [0, 0.05) is 23.7 Å². The number of rotatable bonds is 6. The number of amides is 2. The minimum Gasteiger partial charge on any atom is -0.480 e. The Bertz CT molecular complexity index is 1170. The van der Waals surface area contributed by atoms with Gasteiger partial charge in [0.05, 0.1) is 0 Å². The van der Waals surface area contributed by atoms with Crippen molar-refractivity contribution < 1.29 is 23.9 Å². The van der Waals surface area contributed by atoms with Gasteiger partial charge in [-0.05, 0) is 73.2 Å². The van der Waals surface area contributed by atoms with Crippen molar-refractivity contribution in [1.29, 1.82) is 0 Å². The van der Waals surface area contributed by atoms with Crippen LogP contribution in [-0.2, 0) is 24.2 Å². The SMILES string of the molecule is Cc1ccc(N(CC(=O)O)C(=O)c2cccc(CN)c2)o1.Cl.NC(=O)c1ccc2c(c1)CCC2. The molecule has 0 radical (unpaired) electrons. The molecule has 180 valence electrons. The third-order valence-corrected chi connectivity index (χ3v) is 5.32. The molecular weight excluding hydrogens is 458 g/mol. The Morgan fingerprint density at radius 2 is 1.74 bits per heavy atom. The normalized spacial score (nSPS) is 11.5. The first-order valence-electron chi connectivity index (χ1n) is 10.6. The lowest BCUT2D eigenvalue weighted by atomic mass is 10.1. The van der Waals surface area contributed by atoms with E-state index < -0.39 is 18.4 Å². The van der Waals surface area contributed by atoms with E-state index in [2.05, 4.69) is 0 Å². The maximum Gasteiger partial charge on any atom is 0.323 e. The molecule has 2 aromatic carbocycles. The second-order valence-corrected chi connectivity index (χ2v) is 7.78. The smallest absolute Gasteiger partial charge is 0.323 e. The van der Waals surface area contributed by atoms with Crippen LogP contribution in [0.4, 0.5) is 5.88 Å². The van der Waals surface area contributed by atoms with Crippen LogP contribution in [-0.4, -0.2) is 29.4 Å². The average molecular weight is 486 g/mol. The van der Waals surface area contributed by atoms with Gasteiger partial charge in [0.1, 0.15) is 12.3 Å². The predicted molar refractivity (Wildman–Crippen MR) is 131 cm³/mol. The molecule has 0 unspecified atom stereocenters. The van der Waals surface area contributed by atoms with Gasteiger partial charge in [0.25, 0.3) is 5.91 Å². The molecule has 3 aromatic rings. The number of carboxylic acid groups (broad SMARTS) is 1. The Labute approximate surface area is 203 Å². The molecule has 0 spiro atoms. The van der Waals surface area contributed by atoms with Crippen molar-refractivity contribution >= 4 is 36.1 Å². The summed E-state index contributed by atoms with van der Waals surface area (Å²) in [7, 11) is 0. The summed E-state index contributed by atoms with van der Waals surface area (Å²) >= 11 is 0. The maximum atomic E-state index is 12.5. The van der Waals surface area contributed by atoms with E-state index in [-0.39, 0.29) is 24.2 Å². The molecule has 2 amide bonds. The lowest BCUT2D eigenvalue weighted by Crippen LogP contribution is -2.35. The minimum atomic E-state index is -1.12. The highest BCUT2D eigenvalue weighted by Crippen LogP contribution is 2.23. The molecule has 1 aliphatic carbocycles. The number of aryl methyl sites for hydroxylation is 3. The van der Waals surface area contributed by atoms with E-state index in [0.29, 0.717) is 23.4 Å². The van der Waals surface area contributed by atoms with Crippen LogP contribution in [0.15, 0.2) is 59.0 Å². The zero-order valence-electron chi connectivity index (χ0n) is 18.8. The molecule has 9 heteroatoms. The number of primary amides is 1. The van der Waals surface area contributed by atoms with Gasteiger partial charge in [-0.3, -0.25) is 19.3 Å². The fourth-order valence-corrected chi connectivity index (χ4v) is 3.66. The van der Waals surface area contributed by atoms with Crippen molar-refractivity contribution in [2.24, 2.45) is 11.5 Å². The summed E-state index contributed by atoms with van der Waals surface area (Å²) in [4.78, 5) is 35.4. The molecule has 0 fully saturated rings. The summed E-state index contributed by atoms with van der Waals surface area (Å²) in [6.07, 6.45) is 3.45. The first-order chi connectivity index (χ1) is 15.8. The second kappa shape index (κ2) is 12.0. The first-order valence-corrected chi connectivity index (χ1v) is 10.6. The van der Waals surface area contributed by atoms with Crippen LogP contribution < -0.4 is 16.4 Å². The Morgan fingerprint density at radius 3 is 2.35 bits per heavy atom. The van der Waals surface area contributed by atoms with Crippen molar-refractivity contribution in [3.05, 3.63) is 88.2 Å². The maximum absolute atomic E-state index is 12.5. The summed E-state index contributed by atoms with van der Waals surface area (Å²) in [6.45, 7) is 1.56. The molecule has 0 aliphatic heterocycles. The van der Waals surface area contributed by atoms with Gasteiger partial charge in [-0.25, -0.2) is 0 Å². The van der Waals surface area contributed by atoms with Crippen molar-refractivity contribution in [1.82, 2.24) is 0 Å². The van der Waals surface area contributed by atoms with Crippen molar-refractivity contribution in [3.8, 4) is 0 Å². The van der Waals surface area contributed by atoms with Gasteiger partial charge >= 0.3 is 5.97 Å². The Kier molecular flexibility index (Phi) is 9.41. The van der Waals surface area contributed by atoms with Gasteiger partial charge in [0.2, 0.25) is 11.8 Å². The quantitative estimate of drug-likeness (QED) is 0.488. The third-order valence-electron chi connectivity index (χ3n) is 5.32. The Balaban J connectivity index is 0.000000266. The lowest BCUT2D eigenvalue weighted by Gasteiger charge is -2.18. The number of nitrogens with zero attached hydrogens (tertiary/aromatic N) is 1. The number of carbonyl (C=O) groups is 3. The summed E-state index contributed by atoms with van der Waals surface area (Å²) in [5, 5.41) is 8.99. The van der Waals surface area contributed by atoms with Crippen LogP contribution in [0.2, 0.25) is 0 Å². The number of hydrogen-bond donors (Lipinski definition) is 3. The van der Waals surface area contributed by atoms with E-state index in [4.69, 9.17) is 21.0 Å². The molecule has 0 bridgehead atoms. The lowest BCUT2D eigenvalue weighted by molar-refractivity contribution is -0.135. The zero-order valence-corrected chi connectivity index (χ0v) is 19.6.